The lowest BCUT2D eigenvalue weighted by molar-refractivity contribution is -0.135. The third-order valence-electron chi connectivity index (χ3n) is 4.41. The third kappa shape index (κ3) is 7.12. The van der Waals surface area contributed by atoms with E-state index in [-0.39, 0.29) is 24.9 Å². The first-order chi connectivity index (χ1) is 13.9. The van der Waals surface area contributed by atoms with Gasteiger partial charge in [-0.15, -0.1) is 0 Å². The molecule has 2 aromatic carbocycles. The standard InChI is InChI=1S/C22H29N3O4/c1-23-21(26)14-25(3)22(27)15-24(2)13-18-10-11-19(20(12-18)28-4)29-16-17-8-6-5-7-9-17/h5-12H,13-16H2,1-4H3,(H,23,26). The van der Waals surface area contributed by atoms with Crippen LogP contribution in [0.1, 0.15) is 11.1 Å². The molecule has 0 bridgehead atoms. The molecule has 0 radical (unpaired) electrons. The molecule has 0 fully saturated rings. The van der Waals surface area contributed by atoms with Crippen LogP contribution in [0.2, 0.25) is 0 Å². The molecule has 29 heavy (non-hydrogen) atoms. The first-order valence-electron chi connectivity index (χ1n) is 9.39. The summed E-state index contributed by atoms with van der Waals surface area (Å²) in [6.07, 6.45) is 0. The molecule has 2 aromatic rings. The van der Waals surface area contributed by atoms with Gasteiger partial charge in [-0.2, -0.15) is 0 Å². The molecule has 156 valence electrons. The minimum Gasteiger partial charge on any atom is -0.493 e. The highest BCUT2D eigenvalue weighted by atomic mass is 16.5. The number of nitrogens with one attached hydrogen (secondary N) is 1. The van der Waals surface area contributed by atoms with Gasteiger partial charge < -0.3 is 19.7 Å². The lowest BCUT2D eigenvalue weighted by Gasteiger charge is -2.21. The van der Waals surface area contributed by atoms with Crippen molar-refractivity contribution in [3.8, 4) is 11.5 Å². The predicted octanol–water partition coefficient (Wildman–Crippen LogP) is 1.91. The molecule has 0 saturated carbocycles. The van der Waals surface area contributed by atoms with E-state index < -0.39 is 0 Å². The number of carbonyl (C=O) groups is 2. The summed E-state index contributed by atoms with van der Waals surface area (Å²) in [5.41, 5.74) is 2.08. The van der Waals surface area contributed by atoms with Crippen LogP contribution in [0.25, 0.3) is 0 Å². The maximum absolute atomic E-state index is 12.3. The smallest absolute Gasteiger partial charge is 0.239 e. The van der Waals surface area contributed by atoms with Crippen molar-refractivity contribution in [1.29, 1.82) is 0 Å². The number of likely N-dealkylation sites (N-methyl/N-ethyl adjacent to an activating group) is 3. The quantitative estimate of drug-likeness (QED) is 0.661. The van der Waals surface area contributed by atoms with Crippen LogP contribution in [0, 0.1) is 0 Å². The number of rotatable bonds is 10. The van der Waals surface area contributed by atoms with Crippen molar-refractivity contribution in [2.45, 2.75) is 13.2 Å². The summed E-state index contributed by atoms with van der Waals surface area (Å²) in [5, 5.41) is 2.51. The van der Waals surface area contributed by atoms with E-state index in [0.29, 0.717) is 24.7 Å². The molecular formula is C22H29N3O4. The van der Waals surface area contributed by atoms with Crippen LogP contribution >= 0.6 is 0 Å². The van der Waals surface area contributed by atoms with Gasteiger partial charge in [-0.3, -0.25) is 14.5 Å². The molecule has 2 amide bonds. The summed E-state index contributed by atoms with van der Waals surface area (Å²) < 4.78 is 11.3. The van der Waals surface area contributed by atoms with Gasteiger partial charge in [0.05, 0.1) is 20.2 Å². The Morgan fingerprint density at radius 3 is 2.34 bits per heavy atom. The lowest BCUT2D eigenvalue weighted by atomic mass is 10.2. The molecule has 2 rings (SSSR count). The van der Waals surface area contributed by atoms with Crippen molar-refractivity contribution >= 4 is 11.8 Å². The molecule has 7 nitrogen and oxygen atoms in total. The van der Waals surface area contributed by atoms with Crippen LogP contribution in [0.15, 0.2) is 48.5 Å². The van der Waals surface area contributed by atoms with Crippen molar-refractivity contribution < 1.29 is 19.1 Å². The average Bonchev–Trinajstić information content (AvgIpc) is 2.73. The fraction of sp³-hybridized carbons (Fsp3) is 0.364. The Hall–Kier alpha value is -3.06. The number of hydrogen-bond acceptors (Lipinski definition) is 5. The molecule has 7 heteroatoms. The van der Waals surface area contributed by atoms with Gasteiger partial charge in [-0.05, 0) is 30.3 Å². The Balaban J connectivity index is 1.93. The van der Waals surface area contributed by atoms with E-state index >= 15 is 0 Å². The van der Waals surface area contributed by atoms with Gasteiger partial charge in [0.15, 0.2) is 11.5 Å². The van der Waals surface area contributed by atoms with Crippen molar-refractivity contribution in [1.82, 2.24) is 15.1 Å². The van der Waals surface area contributed by atoms with Crippen LogP contribution < -0.4 is 14.8 Å². The van der Waals surface area contributed by atoms with E-state index in [0.717, 1.165) is 11.1 Å². The topological polar surface area (TPSA) is 71.1 Å². The second kappa shape index (κ2) is 11.1. The van der Waals surface area contributed by atoms with Crippen LogP contribution in [0.3, 0.4) is 0 Å². The lowest BCUT2D eigenvalue weighted by Crippen LogP contribution is -2.41. The van der Waals surface area contributed by atoms with E-state index in [9.17, 15) is 9.59 Å². The maximum Gasteiger partial charge on any atom is 0.239 e. The molecule has 0 spiro atoms. The number of ether oxygens (including phenoxy) is 2. The van der Waals surface area contributed by atoms with E-state index in [1.54, 1.807) is 21.2 Å². The summed E-state index contributed by atoms with van der Waals surface area (Å²) in [6, 6.07) is 15.7. The number of nitrogens with zero attached hydrogens (tertiary/aromatic N) is 2. The van der Waals surface area contributed by atoms with Gasteiger partial charge >= 0.3 is 0 Å². The molecule has 0 aromatic heterocycles. The van der Waals surface area contributed by atoms with Crippen molar-refractivity contribution in [3.63, 3.8) is 0 Å². The number of amides is 2. The molecule has 0 unspecified atom stereocenters. The van der Waals surface area contributed by atoms with E-state index in [4.69, 9.17) is 9.47 Å². The normalized spacial score (nSPS) is 10.5. The van der Waals surface area contributed by atoms with Crippen LogP contribution in [-0.2, 0) is 22.7 Å². The molecule has 0 aliphatic carbocycles. The fourth-order valence-corrected chi connectivity index (χ4v) is 2.77. The zero-order valence-corrected chi connectivity index (χ0v) is 17.5. The van der Waals surface area contributed by atoms with E-state index in [1.807, 2.05) is 60.5 Å². The van der Waals surface area contributed by atoms with Gasteiger partial charge in [0.25, 0.3) is 0 Å². The van der Waals surface area contributed by atoms with Gasteiger partial charge in [0.2, 0.25) is 11.8 Å². The minimum absolute atomic E-state index is 0.0461. The Morgan fingerprint density at radius 2 is 1.69 bits per heavy atom. The van der Waals surface area contributed by atoms with E-state index in [1.165, 1.54) is 4.90 Å². The number of carbonyl (C=O) groups excluding carboxylic acids is 2. The Labute approximate surface area is 172 Å². The minimum atomic E-state index is -0.195. The summed E-state index contributed by atoms with van der Waals surface area (Å²) in [6.45, 7) is 1.28. The molecular weight excluding hydrogens is 370 g/mol. The molecule has 0 saturated heterocycles. The highest BCUT2D eigenvalue weighted by Crippen LogP contribution is 2.29. The van der Waals surface area contributed by atoms with Gasteiger partial charge in [0, 0.05) is 20.6 Å². The predicted molar refractivity (Wildman–Crippen MR) is 112 cm³/mol. The van der Waals surface area contributed by atoms with Crippen LogP contribution in [0.5, 0.6) is 11.5 Å². The second-order valence-electron chi connectivity index (χ2n) is 6.85. The number of hydrogen-bond donors (Lipinski definition) is 1. The van der Waals surface area contributed by atoms with Crippen molar-refractivity contribution in [3.05, 3.63) is 59.7 Å². The van der Waals surface area contributed by atoms with Crippen LogP contribution in [0.4, 0.5) is 0 Å². The largest absolute Gasteiger partial charge is 0.493 e. The molecule has 0 heterocycles. The van der Waals surface area contributed by atoms with Crippen molar-refractivity contribution in [2.24, 2.45) is 0 Å². The molecule has 1 N–H and O–H groups in total. The first kappa shape index (κ1) is 22.2. The zero-order valence-electron chi connectivity index (χ0n) is 17.5. The Bertz CT molecular complexity index is 811. The summed E-state index contributed by atoms with van der Waals surface area (Å²) >= 11 is 0. The summed E-state index contributed by atoms with van der Waals surface area (Å²) in [5.74, 6) is 1.00. The summed E-state index contributed by atoms with van der Waals surface area (Å²) in [4.78, 5) is 27.0. The highest BCUT2D eigenvalue weighted by Gasteiger charge is 2.15. The fourth-order valence-electron chi connectivity index (χ4n) is 2.77. The van der Waals surface area contributed by atoms with Crippen molar-refractivity contribution in [2.75, 3.05) is 41.3 Å². The third-order valence-corrected chi connectivity index (χ3v) is 4.41. The van der Waals surface area contributed by atoms with Gasteiger partial charge in [0.1, 0.15) is 6.61 Å². The van der Waals surface area contributed by atoms with Crippen LogP contribution in [-0.4, -0.2) is 63.0 Å². The van der Waals surface area contributed by atoms with Gasteiger partial charge in [-0.25, -0.2) is 0 Å². The highest BCUT2D eigenvalue weighted by molar-refractivity contribution is 5.85. The Morgan fingerprint density at radius 1 is 0.966 bits per heavy atom. The summed E-state index contributed by atoms with van der Waals surface area (Å²) in [7, 11) is 6.63. The molecule has 0 atom stereocenters. The monoisotopic (exact) mass is 399 g/mol. The molecule has 0 aliphatic rings. The average molecular weight is 399 g/mol. The maximum atomic E-state index is 12.3. The number of methoxy groups -OCH3 is 1. The number of benzene rings is 2. The zero-order chi connectivity index (χ0) is 21.2. The SMILES string of the molecule is CNC(=O)CN(C)C(=O)CN(C)Cc1ccc(OCc2ccccc2)c(OC)c1. The second-order valence-corrected chi connectivity index (χ2v) is 6.85. The van der Waals surface area contributed by atoms with Gasteiger partial charge in [-0.1, -0.05) is 36.4 Å². The molecule has 0 aliphatic heterocycles. The Kier molecular flexibility index (Phi) is 8.48. The first-order valence-corrected chi connectivity index (χ1v) is 9.39. The van der Waals surface area contributed by atoms with E-state index in [2.05, 4.69) is 5.32 Å².